The molecule has 2 saturated heterocycles. The largest absolute Gasteiger partial charge is 0.454 e. The second kappa shape index (κ2) is 8.08. The van der Waals surface area contributed by atoms with Crippen molar-refractivity contribution in [2.75, 3.05) is 37.9 Å². The van der Waals surface area contributed by atoms with Gasteiger partial charge in [-0.25, -0.2) is 9.97 Å². The summed E-state index contributed by atoms with van der Waals surface area (Å²) in [7, 11) is 0. The van der Waals surface area contributed by atoms with Crippen LogP contribution in [0.15, 0.2) is 35.4 Å². The van der Waals surface area contributed by atoms with Crippen molar-refractivity contribution >= 4 is 34.7 Å². The fourth-order valence-corrected chi connectivity index (χ4v) is 4.49. The standard InChI is InChI=1S/C21H20N4O4S/c26-16-11-20(27)30-19(16)10-15-3-4-22-21(23-15)25-7-5-24(6-8-25)12-14-1-2-17-18(9-14)29-13-28-17/h1-4,9-10H,5-8,11-13H2/b19-10-. The lowest BCUT2D eigenvalue weighted by atomic mass is 10.1. The quantitative estimate of drug-likeness (QED) is 0.541. The van der Waals surface area contributed by atoms with Gasteiger partial charge in [0.25, 0.3) is 0 Å². The molecule has 0 aliphatic carbocycles. The molecule has 154 valence electrons. The third kappa shape index (κ3) is 4.03. The first-order valence-electron chi connectivity index (χ1n) is 9.78. The number of fused-ring (bicyclic) bond motifs is 1. The SMILES string of the molecule is O=C1CC(=O)/C(=C/c2ccnc(N3CCN(Cc4ccc5c(c4)OCO5)CC3)n2)S1. The molecule has 2 fully saturated rings. The number of thioether (sulfide) groups is 1. The summed E-state index contributed by atoms with van der Waals surface area (Å²) in [6.07, 6.45) is 3.35. The second-order valence-electron chi connectivity index (χ2n) is 7.31. The highest BCUT2D eigenvalue weighted by Crippen LogP contribution is 2.33. The fraction of sp³-hybridized carbons (Fsp3) is 0.333. The van der Waals surface area contributed by atoms with E-state index in [4.69, 9.17) is 9.47 Å². The van der Waals surface area contributed by atoms with Gasteiger partial charge in [-0.1, -0.05) is 6.07 Å². The molecule has 1 aromatic heterocycles. The molecule has 0 bridgehead atoms. The van der Waals surface area contributed by atoms with E-state index in [1.165, 1.54) is 5.56 Å². The van der Waals surface area contributed by atoms with Crippen LogP contribution in [0.3, 0.4) is 0 Å². The first-order valence-corrected chi connectivity index (χ1v) is 10.6. The van der Waals surface area contributed by atoms with Crippen LogP contribution in [0.2, 0.25) is 0 Å². The molecule has 2 aromatic rings. The van der Waals surface area contributed by atoms with Gasteiger partial charge in [-0.3, -0.25) is 14.5 Å². The molecule has 0 amide bonds. The normalized spacial score (nSPS) is 20.4. The molecular formula is C21H20N4O4S. The molecule has 9 heteroatoms. The lowest BCUT2D eigenvalue weighted by Crippen LogP contribution is -2.46. The van der Waals surface area contributed by atoms with Crippen LogP contribution >= 0.6 is 11.8 Å². The number of carbonyl (C=O) groups excluding carboxylic acids is 2. The summed E-state index contributed by atoms with van der Waals surface area (Å²) >= 11 is 0.994. The van der Waals surface area contributed by atoms with Crippen molar-refractivity contribution in [1.29, 1.82) is 0 Å². The minimum absolute atomic E-state index is 0.0280. The average molecular weight is 424 g/mol. The van der Waals surface area contributed by atoms with Crippen LogP contribution in [0.5, 0.6) is 11.5 Å². The van der Waals surface area contributed by atoms with Crippen molar-refractivity contribution in [3.63, 3.8) is 0 Å². The number of aromatic nitrogens is 2. The van der Waals surface area contributed by atoms with Gasteiger partial charge in [-0.05, 0) is 41.6 Å². The number of Topliss-reactive ketones (excluding diaryl/α,β-unsaturated/α-hetero) is 1. The maximum Gasteiger partial charge on any atom is 0.231 e. The third-order valence-corrected chi connectivity index (χ3v) is 6.18. The Hall–Kier alpha value is -2.91. The molecule has 0 saturated carbocycles. The molecule has 4 heterocycles. The van der Waals surface area contributed by atoms with Gasteiger partial charge in [0.15, 0.2) is 17.3 Å². The van der Waals surface area contributed by atoms with Gasteiger partial charge >= 0.3 is 0 Å². The van der Waals surface area contributed by atoms with Gasteiger partial charge in [-0.15, -0.1) is 0 Å². The Labute approximate surface area is 177 Å². The van der Waals surface area contributed by atoms with Gasteiger partial charge in [0.1, 0.15) is 0 Å². The highest BCUT2D eigenvalue weighted by Gasteiger charge is 2.26. The van der Waals surface area contributed by atoms with Crippen molar-refractivity contribution in [3.8, 4) is 11.5 Å². The zero-order valence-electron chi connectivity index (χ0n) is 16.2. The van der Waals surface area contributed by atoms with Crippen molar-refractivity contribution < 1.29 is 19.1 Å². The first kappa shape index (κ1) is 19.1. The molecule has 3 aliphatic heterocycles. The summed E-state index contributed by atoms with van der Waals surface area (Å²) in [6, 6.07) is 7.83. The molecule has 0 radical (unpaired) electrons. The van der Waals surface area contributed by atoms with E-state index in [0.717, 1.165) is 56.0 Å². The Morgan fingerprint density at radius 1 is 1.07 bits per heavy atom. The maximum absolute atomic E-state index is 11.8. The van der Waals surface area contributed by atoms with E-state index in [0.29, 0.717) is 16.5 Å². The van der Waals surface area contributed by atoms with Crippen LogP contribution in [0.25, 0.3) is 6.08 Å². The molecule has 0 spiro atoms. The van der Waals surface area contributed by atoms with E-state index >= 15 is 0 Å². The highest BCUT2D eigenvalue weighted by atomic mass is 32.2. The topological polar surface area (TPSA) is 84.9 Å². The van der Waals surface area contributed by atoms with Gasteiger partial charge in [-0.2, -0.15) is 0 Å². The Balaban J connectivity index is 1.21. The molecule has 3 aliphatic rings. The third-order valence-electron chi connectivity index (χ3n) is 5.25. The van der Waals surface area contributed by atoms with Crippen molar-refractivity contribution in [2.45, 2.75) is 13.0 Å². The Morgan fingerprint density at radius 3 is 2.70 bits per heavy atom. The summed E-state index contributed by atoms with van der Waals surface area (Å²) in [5.74, 6) is 2.12. The summed E-state index contributed by atoms with van der Waals surface area (Å²) < 4.78 is 10.8. The van der Waals surface area contributed by atoms with Gasteiger partial charge < -0.3 is 14.4 Å². The molecule has 30 heavy (non-hydrogen) atoms. The number of piperazine rings is 1. The summed E-state index contributed by atoms with van der Waals surface area (Å²) in [6.45, 7) is 4.56. The molecule has 8 nitrogen and oxygen atoms in total. The number of benzene rings is 1. The number of ether oxygens (including phenoxy) is 2. The van der Waals surface area contributed by atoms with Crippen molar-refractivity contribution in [1.82, 2.24) is 14.9 Å². The minimum Gasteiger partial charge on any atom is -0.454 e. The van der Waals surface area contributed by atoms with Gasteiger partial charge in [0, 0.05) is 38.9 Å². The highest BCUT2D eigenvalue weighted by molar-refractivity contribution is 8.18. The fourth-order valence-electron chi connectivity index (χ4n) is 3.68. The van der Waals surface area contributed by atoms with E-state index in [-0.39, 0.29) is 24.1 Å². The predicted molar refractivity (Wildman–Crippen MR) is 112 cm³/mol. The number of hydrogen-bond acceptors (Lipinski definition) is 9. The van der Waals surface area contributed by atoms with Crippen LogP contribution < -0.4 is 14.4 Å². The zero-order chi connectivity index (χ0) is 20.5. The number of carbonyl (C=O) groups is 2. The van der Waals surface area contributed by atoms with Gasteiger partial charge in [0.05, 0.1) is 17.0 Å². The minimum atomic E-state index is -0.137. The van der Waals surface area contributed by atoms with E-state index in [2.05, 4.69) is 25.8 Å². The van der Waals surface area contributed by atoms with Crippen LogP contribution in [0.4, 0.5) is 5.95 Å². The monoisotopic (exact) mass is 424 g/mol. The molecule has 5 rings (SSSR count). The number of ketones is 1. The number of allylic oxidation sites excluding steroid dienone is 1. The van der Waals surface area contributed by atoms with Gasteiger partial charge in [0.2, 0.25) is 17.9 Å². The second-order valence-corrected chi connectivity index (χ2v) is 8.41. The van der Waals surface area contributed by atoms with E-state index in [9.17, 15) is 9.59 Å². The van der Waals surface area contributed by atoms with Crippen LogP contribution in [0, 0.1) is 0 Å². The predicted octanol–water partition coefficient (Wildman–Crippen LogP) is 2.10. The van der Waals surface area contributed by atoms with Crippen LogP contribution in [-0.2, 0) is 16.1 Å². The Kier molecular flexibility index (Phi) is 5.14. The zero-order valence-corrected chi connectivity index (χ0v) is 17.1. The first-order chi connectivity index (χ1) is 14.6. The number of anilines is 1. The lowest BCUT2D eigenvalue weighted by molar-refractivity contribution is -0.119. The lowest BCUT2D eigenvalue weighted by Gasteiger charge is -2.34. The summed E-state index contributed by atoms with van der Waals surface area (Å²) in [5.41, 5.74) is 1.85. The Bertz CT molecular complexity index is 1030. The number of nitrogens with zero attached hydrogens (tertiary/aromatic N) is 4. The van der Waals surface area contributed by atoms with Crippen molar-refractivity contribution in [2.24, 2.45) is 0 Å². The molecule has 0 N–H and O–H groups in total. The molecular weight excluding hydrogens is 404 g/mol. The van der Waals surface area contributed by atoms with E-state index < -0.39 is 0 Å². The smallest absolute Gasteiger partial charge is 0.231 e. The van der Waals surface area contributed by atoms with Crippen LogP contribution in [0.1, 0.15) is 17.7 Å². The molecule has 1 aromatic carbocycles. The number of rotatable bonds is 4. The Morgan fingerprint density at radius 2 is 1.90 bits per heavy atom. The summed E-state index contributed by atoms with van der Waals surface area (Å²) in [4.78, 5) is 37.2. The maximum atomic E-state index is 11.8. The van der Waals surface area contributed by atoms with E-state index in [1.807, 2.05) is 12.1 Å². The van der Waals surface area contributed by atoms with Crippen LogP contribution in [-0.4, -0.2) is 58.7 Å². The molecule has 0 atom stereocenters. The average Bonchev–Trinajstić information content (AvgIpc) is 3.34. The number of hydrogen-bond donors (Lipinski definition) is 0. The summed E-state index contributed by atoms with van der Waals surface area (Å²) in [5, 5.41) is -0.112. The van der Waals surface area contributed by atoms with E-state index in [1.54, 1.807) is 18.3 Å². The molecule has 0 unspecified atom stereocenters. The van der Waals surface area contributed by atoms with Crippen molar-refractivity contribution in [3.05, 3.63) is 46.6 Å².